The summed E-state index contributed by atoms with van der Waals surface area (Å²) in [6, 6.07) is 9.59. The normalized spacial score (nSPS) is 17.8. The predicted octanol–water partition coefficient (Wildman–Crippen LogP) is 4.19. The minimum Gasteiger partial charge on any atom is -0.447 e. The molecule has 4 nitrogen and oxygen atoms in total. The smallest absolute Gasteiger partial charge is 0.416 e. The van der Waals surface area contributed by atoms with Crippen LogP contribution in [0.5, 0.6) is 0 Å². The van der Waals surface area contributed by atoms with Crippen LogP contribution in [0.25, 0.3) is 0 Å². The van der Waals surface area contributed by atoms with Gasteiger partial charge < -0.3 is 4.74 Å². The molecule has 0 radical (unpaired) electrons. The number of hydrogen-bond donors (Lipinski definition) is 0. The molecule has 1 aliphatic heterocycles. The van der Waals surface area contributed by atoms with Gasteiger partial charge in [-0.15, -0.1) is 12.3 Å². The topological polar surface area (TPSA) is 46.6 Å². The van der Waals surface area contributed by atoms with Gasteiger partial charge in [0.25, 0.3) is 0 Å². The van der Waals surface area contributed by atoms with E-state index in [1.165, 1.54) is 4.90 Å². The number of imide groups is 1. The number of hydrogen-bond acceptors (Lipinski definition) is 3. The number of benzene rings is 1. The lowest BCUT2D eigenvalue weighted by atomic mass is 9.95. The van der Waals surface area contributed by atoms with Gasteiger partial charge in [0.2, 0.25) is 5.91 Å². The van der Waals surface area contributed by atoms with Crippen LogP contribution in [0.2, 0.25) is 0 Å². The second-order valence-electron chi connectivity index (χ2n) is 6.58. The summed E-state index contributed by atoms with van der Waals surface area (Å²) in [5.41, 5.74) is 1.08. The van der Waals surface area contributed by atoms with Crippen molar-refractivity contribution in [2.24, 2.45) is 5.92 Å². The SMILES string of the molecule is C#CC[C@H](CCCCCC)C(=O)N1C(=O)OC[C@H]1Cc1ccccc1. The lowest BCUT2D eigenvalue weighted by Gasteiger charge is -2.24. The molecular weight excluding hydrogens is 314 g/mol. The van der Waals surface area contributed by atoms with Crippen molar-refractivity contribution in [1.82, 2.24) is 4.90 Å². The van der Waals surface area contributed by atoms with Gasteiger partial charge in [0.05, 0.1) is 6.04 Å². The van der Waals surface area contributed by atoms with E-state index in [-0.39, 0.29) is 24.5 Å². The third-order valence-electron chi connectivity index (χ3n) is 4.63. The summed E-state index contributed by atoms with van der Waals surface area (Å²) < 4.78 is 5.16. The number of rotatable bonds is 9. The van der Waals surface area contributed by atoms with Gasteiger partial charge in [-0.3, -0.25) is 4.79 Å². The number of carbonyl (C=O) groups is 2. The summed E-state index contributed by atoms with van der Waals surface area (Å²) in [5, 5.41) is 0. The van der Waals surface area contributed by atoms with Crippen molar-refractivity contribution in [3.05, 3.63) is 35.9 Å². The maximum atomic E-state index is 12.9. The minimum absolute atomic E-state index is 0.183. The fourth-order valence-electron chi connectivity index (χ4n) is 3.24. The van der Waals surface area contributed by atoms with Crippen molar-refractivity contribution >= 4 is 12.0 Å². The zero-order valence-electron chi connectivity index (χ0n) is 14.9. The van der Waals surface area contributed by atoms with Crippen LogP contribution in [0.1, 0.15) is 51.0 Å². The van der Waals surface area contributed by atoms with Gasteiger partial charge in [0.15, 0.2) is 0 Å². The fourth-order valence-corrected chi connectivity index (χ4v) is 3.24. The first-order chi connectivity index (χ1) is 12.2. The van der Waals surface area contributed by atoms with Crippen LogP contribution in [0.3, 0.4) is 0 Å². The van der Waals surface area contributed by atoms with Crippen LogP contribution < -0.4 is 0 Å². The number of amides is 2. The molecule has 0 bridgehead atoms. The molecule has 1 fully saturated rings. The Morgan fingerprint density at radius 1 is 1.32 bits per heavy atom. The monoisotopic (exact) mass is 341 g/mol. The lowest BCUT2D eigenvalue weighted by molar-refractivity contribution is -0.133. The second-order valence-corrected chi connectivity index (χ2v) is 6.58. The molecule has 1 saturated heterocycles. The Bertz CT molecular complexity index is 605. The van der Waals surface area contributed by atoms with Crippen molar-refractivity contribution < 1.29 is 14.3 Å². The Balaban J connectivity index is 2.03. The van der Waals surface area contributed by atoms with E-state index < -0.39 is 6.09 Å². The van der Waals surface area contributed by atoms with E-state index >= 15 is 0 Å². The standard InChI is InChI=1S/C21H27NO3/c1-3-5-6-10-14-18(11-4-2)20(23)22-19(16-25-21(22)24)15-17-12-8-7-9-13-17/h2,7-9,12-13,18-19H,3,5-6,10-11,14-16H2,1H3/t18-,19-/m1/s1. The average Bonchev–Trinajstić information content (AvgIpc) is 2.98. The van der Waals surface area contributed by atoms with E-state index in [9.17, 15) is 9.59 Å². The number of carbonyl (C=O) groups excluding carboxylic acids is 2. The molecule has 1 heterocycles. The van der Waals surface area contributed by atoms with E-state index in [1.807, 2.05) is 30.3 Å². The zero-order chi connectivity index (χ0) is 18.1. The summed E-state index contributed by atoms with van der Waals surface area (Å²) >= 11 is 0. The van der Waals surface area contributed by atoms with E-state index in [0.29, 0.717) is 12.8 Å². The van der Waals surface area contributed by atoms with Gasteiger partial charge in [0.1, 0.15) is 6.61 Å². The zero-order valence-corrected chi connectivity index (χ0v) is 14.9. The van der Waals surface area contributed by atoms with Gasteiger partial charge in [0, 0.05) is 12.3 Å². The molecule has 4 heteroatoms. The van der Waals surface area contributed by atoms with E-state index in [1.54, 1.807) is 0 Å². The Kier molecular flexibility index (Phi) is 7.53. The second kappa shape index (κ2) is 9.88. The number of unbranched alkanes of at least 4 members (excludes halogenated alkanes) is 3. The molecule has 134 valence electrons. The molecule has 0 aliphatic carbocycles. The number of ether oxygens (including phenoxy) is 1. The van der Waals surface area contributed by atoms with E-state index in [2.05, 4.69) is 12.8 Å². The molecule has 1 aromatic rings. The van der Waals surface area contributed by atoms with Crippen LogP contribution in [0.15, 0.2) is 30.3 Å². The van der Waals surface area contributed by atoms with Crippen LogP contribution in [-0.2, 0) is 16.0 Å². The highest BCUT2D eigenvalue weighted by atomic mass is 16.6. The molecule has 0 N–H and O–H groups in total. The third kappa shape index (κ3) is 5.35. The molecule has 0 aromatic heterocycles. The summed E-state index contributed by atoms with van der Waals surface area (Å²) in [6.07, 6.45) is 11.0. The highest BCUT2D eigenvalue weighted by Gasteiger charge is 2.40. The van der Waals surface area contributed by atoms with Gasteiger partial charge in [-0.2, -0.15) is 0 Å². The maximum Gasteiger partial charge on any atom is 0.416 e. The van der Waals surface area contributed by atoms with Crippen LogP contribution in [-0.4, -0.2) is 29.5 Å². The Labute approximate surface area is 150 Å². The molecule has 2 rings (SSSR count). The largest absolute Gasteiger partial charge is 0.447 e. The van der Waals surface area contributed by atoms with Gasteiger partial charge in [-0.05, 0) is 18.4 Å². The molecule has 1 aliphatic rings. The van der Waals surface area contributed by atoms with E-state index in [0.717, 1.165) is 37.7 Å². The summed E-state index contributed by atoms with van der Waals surface area (Å²) in [4.78, 5) is 26.4. The van der Waals surface area contributed by atoms with Crippen molar-refractivity contribution in [1.29, 1.82) is 0 Å². The molecule has 25 heavy (non-hydrogen) atoms. The van der Waals surface area contributed by atoms with Crippen LogP contribution in [0.4, 0.5) is 4.79 Å². The highest BCUT2D eigenvalue weighted by Crippen LogP contribution is 2.24. The van der Waals surface area contributed by atoms with Gasteiger partial charge in [-0.1, -0.05) is 62.9 Å². The predicted molar refractivity (Wildman–Crippen MR) is 97.8 cm³/mol. The molecular formula is C21H27NO3. The summed E-state index contributed by atoms with van der Waals surface area (Å²) in [7, 11) is 0. The quantitative estimate of drug-likeness (QED) is 0.500. The van der Waals surface area contributed by atoms with Crippen molar-refractivity contribution in [2.75, 3.05) is 6.61 Å². The van der Waals surface area contributed by atoms with Crippen LogP contribution in [0, 0.1) is 18.3 Å². The number of nitrogens with zero attached hydrogens (tertiary/aromatic N) is 1. The fraction of sp³-hybridized carbons (Fsp3) is 0.524. The molecule has 0 spiro atoms. The first kappa shape index (κ1) is 19.1. The third-order valence-corrected chi connectivity index (χ3v) is 4.63. The number of cyclic esters (lactones) is 1. The van der Waals surface area contributed by atoms with Crippen molar-refractivity contribution in [2.45, 2.75) is 57.9 Å². The van der Waals surface area contributed by atoms with Gasteiger partial charge in [-0.25, -0.2) is 9.69 Å². The van der Waals surface area contributed by atoms with Crippen LogP contribution >= 0.6 is 0 Å². The molecule has 1 aromatic carbocycles. The minimum atomic E-state index is -0.540. The summed E-state index contributed by atoms with van der Waals surface area (Å²) in [5.74, 6) is 2.11. The molecule has 2 atom stereocenters. The Morgan fingerprint density at radius 3 is 2.76 bits per heavy atom. The first-order valence-electron chi connectivity index (χ1n) is 9.14. The highest BCUT2D eigenvalue weighted by molar-refractivity contribution is 5.95. The summed E-state index contributed by atoms with van der Waals surface area (Å²) in [6.45, 7) is 2.40. The van der Waals surface area contributed by atoms with E-state index in [4.69, 9.17) is 11.2 Å². The molecule has 0 unspecified atom stereocenters. The van der Waals surface area contributed by atoms with Crippen molar-refractivity contribution in [3.8, 4) is 12.3 Å². The molecule has 0 saturated carbocycles. The van der Waals surface area contributed by atoms with Crippen molar-refractivity contribution in [3.63, 3.8) is 0 Å². The average molecular weight is 341 g/mol. The lowest BCUT2D eigenvalue weighted by Crippen LogP contribution is -2.43. The number of terminal acetylenes is 1. The molecule has 2 amide bonds. The Hall–Kier alpha value is -2.28. The van der Waals surface area contributed by atoms with Gasteiger partial charge >= 0.3 is 6.09 Å². The first-order valence-corrected chi connectivity index (χ1v) is 9.14. The maximum absolute atomic E-state index is 12.9. The Morgan fingerprint density at radius 2 is 2.08 bits per heavy atom.